The molecule has 90 heavy (non-hydrogen) atoms. The third kappa shape index (κ3) is 15.8. The van der Waals surface area contributed by atoms with Crippen LogP contribution in [0, 0.1) is 18.3 Å². The van der Waals surface area contributed by atoms with E-state index in [2.05, 4.69) is 35.8 Å². The van der Waals surface area contributed by atoms with Crippen LogP contribution in [0.15, 0.2) is 89.3 Å². The Balaban J connectivity index is 0.705. The largest absolute Gasteiger partial charge is 0.586 e. The van der Waals surface area contributed by atoms with E-state index in [9.17, 15) is 41.1 Å². The van der Waals surface area contributed by atoms with Gasteiger partial charge in [-0.05, 0) is 72.7 Å². The number of aliphatic hydroxyl groups excluding tert-OH is 1. The number of alkyl halides is 3. The van der Waals surface area contributed by atoms with E-state index in [1.807, 2.05) is 30.0 Å². The number of carbonyl (C=O) groups is 3. The molecule has 482 valence electrons. The fourth-order valence-electron chi connectivity index (χ4n) is 10.9. The Morgan fingerprint density at radius 2 is 1.62 bits per heavy atom. The van der Waals surface area contributed by atoms with E-state index < -0.39 is 68.9 Å². The summed E-state index contributed by atoms with van der Waals surface area (Å²) in [6.07, 6.45) is -3.77. The summed E-state index contributed by atoms with van der Waals surface area (Å²) in [4.78, 5) is 65.4. The molecule has 6 aromatic rings. The maximum absolute atomic E-state index is 14.8. The molecule has 3 fully saturated rings. The van der Waals surface area contributed by atoms with Crippen LogP contribution in [-0.4, -0.2) is 171 Å². The van der Waals surface area contributed by atoms with Crippen molar-refractivity contribution in [2.24, 2.45) is 11.3 Å². The number of aromatic nitrogens is 4. The molecule has 28 heteroatoms. The minimum atomic E-state index is -3.91. The van der Waals surface area contributed by atoms with Crippen LogP contribution in [0.1, 0.15) is 74.9 Å². The molecule has 4 aromatic carbocycles. The number of sulfone groups is 1. The van der Waals surface area contributed by atoms with Gasteiger partial charge in [-0.2, -0.15) is 15.0 Å². The van der Waals surface area contributed by atoms with Crippen molar-refractivity contribution in [2.75, 3.05) is 101 Å². The summed E-state index contributed by atoms with van der Waals surface area (Å²) in [5.41, 5.74) is 2.86. The number of β-amino-alcohol motifs (C(OH)–C–C–N with tert-alkyl or cyclic N) is 1. The number of nitrogens with one attached hydrogen (secondary N) is 3. The maximum atomic E-state index is 14.8. The Hall–Kier alpha value is -7.40. The lowest BCUT2D eigenvalue weighted by molar-refractivity contribution is -0.287. The fraction of sp³-hybridized carbons (Fsp3) is 0.468. The first kappa shape index (κ1) is 65.5. The van der Waals surface area contributed by atoms with E-state index in [-0.39, 0.29) is 91.6 Å². The Bertz CT molecular complexity index is 3700. The Morgan fingerprint density at radius 3 is 2.32 bits per heavy atom. The molecule has 10 rings (SSSR count). The first-order chi connectivity index (χ1) is 42.9. The van der Waals surface area contributed by atoms with E-state index in [4.69, 9.17) is 45.0 Å². The maximum Gasteiger partial charge on any atom is 0.586 e. The SMILES string of the molecule is COc1nc(Nc2cc(S(C)(=O)=O)ccc2N[C@H](c2ccccc2Cl)c2cccc3c2OC(F)(F)O3)nc(N2CCN(CCOCCOCCOc3cc(-c4scnc4C)ccc3CNC(=O)C3C[C@@H](O)CN3C(=O)C(CC(=O)C3(F)CC3)C(C)(C)C)CC2)n1. The molecule has 2 unspecified atom stereocenters. The number of carbonyl (C=O) groups excluding carboxylic acids is 3. The van der Waals surface area contributed by atoms with Crippen molar-refractivity contribution >= 4 is 73.6 Å². The van der Waals surface area contributed by atoms with Gasteiger partial charge in [0, 0.05) is 87.0 Å². The lowest BCUT2D eigenvalue weighted by atomic mass is 9.76. The van der Waals surface area contributed by atoms with E-state index in [0.717, 1.165) is 22.4 Å². The Morgan fingerprint density at radius 1 is 0.889 bits per heavy atom. The van der Waals surface area contributed by atoms with Crippen molar-refractivity contribution in [2.45, 2.75) is 95.0 Å². The number of para-hydroxylation sites is 1. The molecular weight excluding hydrogens is 1230 g/mol. The van der Waals surface area contributed by atoms with E-state index >= 15 is 0 Å². The van der Waals surface area contributed by atoms with Crippen LogP contribution >= 0.6 is 22.9 Å². The number of ether oxygens (including phenoxy) is 6. The van der Waals surface area contributed by atoms with Crippen LogP contribution in [0.5, 0.6) is 23.3 Å². The van der Waals surface area contributed by atoms with E-state index in [1.54, 1.807) is 62.7 Å². The van der Waals surface area contributed by atoms with Gasteiger partial charge in [0.25, 0.3) is 0 Å². The van der Waals surface area contributed by atoms with Crippen LogP contribution in [0.4, 0.5) is 36.4 Å². The molecule has 1 aliphatic carbocycles. The number of thiazole rings is 1. The molecular formula is C62H72ClF3N10O12S2. The zero-order valence-electron chi connectivity index (χ0n) is 50.6. The van der Waals surface area contributed by atoms with Crippen LogP contribution in [0.2, 0.25) is 5.02 Å². The number of hydrogen-bond donors (Lipinski definition) is 4. The molecule has 0 spiro atoms. The highest BCUT2D eigenvalue weighted by Gasteiger charge is 2.53. The minimum absolute atomic E-state index is 0.00778. The quantitative estimate of drug-likeness (QED) is 0.0352. The molecule has 22 nitrogen and oxygen atoms in total. The fourth-order valence-corrected chi connectivity index (χ4v) is 12.6. The molecule has 4 aliphatic rings. The lowest BCUT2D eigenvalue weighted by Gasteiger charge is -2.35. The van der Waals surface area contributed by atoms with Crippen molar-refractivity contribution < 1.29 is 69.5 Å². The number of ketones is 1. The minimum Gasteiger partial charge on any atom is -0.491 e. The zero-order chi connectivity index (χ0) is 64.1. The third-order valence-corrected chi connectivity index (χ3v) is 18.5. The van der Waals surface area contributed by atoms with Gasteiger partial charge < -0.3 is 59.3 Å². The number of hydrogen-bond acceptors (Lipinski definition) is 21. The number of halogens is 4. The summed E-state index contributed by atoms with van der Waals surface area (Å²) in [6.45, 7) is 11.8. The molecule has 0 radical (unpaired) electrons. The number of nitrogens with zero attached hydrogens (tertiary/aromatic N) is 7. The number of benzene rings is 4. The van der Waals surface area contributed by atoms with Gasteiger partial charge in [0.05, 0.1) is 78.0 Å². The van der Waals surface area contributed by atoms with Crippen LogP contribution < -0.4 is 39.8 Å². The van der Waals surface area contributed by atoms with Crippen molar-refractivity contribution in [3.05, 3.63) is 112 Å². The summed E-state index contributed by atoms with van der Waals surface area (Å²) < 4.78 is 103. The highest BCUT2D eigenvalue weighted by Crippen LogP contribution is 2.49. The second kappa shape index (κ2) is 27.6. The average molecular weight is 1310 g/mol. The van der Waals surface area contributed by atoms with E-state index in [0.29, 0.717) is 86.1 Å². The number of likely N-dealkylation sites (tertiary alicyclic amines) is 1. The predicted octanol–water partition coefficient (Wildman–Crippen LogP) is 8.57. The van der Waals surface area contributed by atoms with Gasteiger partial charge >= 0.3 is 12.3 Å². The highest BCUT2D eigenvalue weighted by molar-refractivity contribution is 7.90. The summed E-state index contributed by atoms with van der Waals surface area (Å²) in [7, 11) is -2.33. The molecule has 3 aliphatic heterocycles. The predicted molar refractivity (Wildman–Crippen MR) is 330 cm³/mol. The first-order valence-electron chi connectivity index (χ1n) is 29.4. The van der Waals surface area contributed by atoms with Crippen molar-refractivity contribution in [1.29, 1.82) is 0 Å². The Kier molecular flexibility index (Phi) is 20.1. The van der Waals surface area contributed by atoms with Crippen molar-refractivity contribution in [1.82, 2.24) is 35.1 Å². The van der Waals surface area contributed by atoms with Crippen LogP contribution in [0.3, 0.4) is 0 Å². The number of methoxy groups -OCH3 is 1. The highest BCUT2D eigenvalue weighted by atomic mass is 35.5. The first-order valence-corrected chi connectivity index (χ1v) is 32.6. The molecule has 0 bridgehead atoms. The van der Waals surface area contributed by atoms with Crippen molar-refractivity contribution in [3.63, 3.8) is 0 Å². The summed E-state index contributed by atoms with van der Waals surface area (Å²) >= 11 is 8.22. The topological polar surface area (TPSA) is 258 Å². The number of anilines is 4. The molecule has 2 saturated heterocycles. The van der Waals surface area contributed by atoms with Gasteiger partial charge in [-0.15, -0.1) is 20.1 Å². The normalized spacial score (nSPS) is 18.4. The lowest BCUT2D eigenvalue weighted by Crippen LogP contribution is -2.50. The van der Waals surface area contributed by atoms with Gasteiger partial charge in [0.15, 0.2) is 32.8 Å². The number of fused-ring (bicyclic) bond motifs is 1. The van der Waals surface area contributed by atoms with Gasteiger partial charge in [-0.25, -0.2) is 17.8 Å². The number of aryl methyl sites for hydroxylation is 1. The van der Waals surface area contributed by atoms with Gasteiger partial charge in [-0.3, -0.25) is 19.3 Å². The number of rotatable bonds is 27. The second-order valence-corrected chi connectivity index (χ2v) is 26.9. The van der Waals surface area contributed by atoms with Gasteiger partial charge in [-0.1, -0.05) is 74.8 Å². The zero-order valence-corrected chi connectivity index (χ0v) is 53.0. The number of piperazine rings is 1. The molecule has 4 atom stereocenters. The molecule has 1 saturated carbocycles. The number of amides is 2. The van der Waals surface area contributed by atoms with E-state index in [1.165, 1.54) is 47.6 Å². The Labute approximate surface area is 528 Å². The summed E-state index contributed by atoms with van der Waals surface area (Å²) in [5.74, 6) is -1.95. The van der Waals surface area contributed by atoms with Crippen LogP contribution in [-0.2, 0) is 40.2 Å². The average Bonchev–Trinajstić information content (AvgIpc) is 1.54. The smallest absolute Gasteiger partial charge is 0.491 e. The summed E-state index contributed by atoms with van der Waals surface area (Å²) in [6, 6.07) is 19.4. The molecule has 5 heterocycles. The molecule has 4 N–H and O–H groups in total. The monoisotopic (exact) mass is 1300 g/mol. The van der Waals surface area contributed by atoms with Crippen molar-refractivity contribution in [3.8, 4) is 33.7 Å². The third-order valence-electron chi connectivity index (χ3n) is 16.1. The standard InChI is InChI=1S/C62H72ClF3N10O12S2/c1-37-54(89-36-68-37)38-14-15-39(34-67-55(79)48-31-40(77)35-76(48)56(80)44(60(2,3)4)33-51(78)61(64)18-19-61)50(30-38)86-29-28-85-27-26-84-25-24-74-20-22-75(23-21-74)58-71-57(72-59(73-58)83-5)70-47-32-41(90(6,81)82)16-17-46(47)69-52(42-10-7-8-12-45(42)63)43-11-9-13-49-53(43)88-62(65,66)87-49/h7-17,30,32,36,40,44,48,52,69,77H,18-29,31,33-35H2,1-6H3,(H,67,79)(H,70,71,72,73)/t40-,44?,48?,52-/m1/s1. The second-order valence-electron chi connectivity index (χ2n) is 23.6. The summed E-state index contributed by atoms with van der Waals surface area (Å²) in [5, 5.41) is 20.5. The van der Waals surface area contributed by atoms with Crippen LogP contribution in [0.25, 0.3) is 10.4 Å². The number of aliphatic hydroxyl groups is 1. The number of Topliss-reactive ketones (excluding diaryl/α,β-unsaturated/α-hetero) is 1. The molecule has 2 aromatic heterocycles. The van der Waals surface area contributed by atoms with Gasteiger partial charge in [0.2, 0.25) is 23.7 Å². The molecule has 2 amide bonds. The van der Waals surface area contributed by atoms with Gasteiger partial charge in [0.1, 0.15) is 18.4 Å².